The Morgan fingerprint density at radius 2 is 2.18 bits per heavy atom. The second-order valence-corrected chi connectivity index (χ2v) is 8.55. The van der Waals surface area contributed by atoms with E-state index in [9.17, 15) is 14.9 Å². The number of esters is 1. The number of nitriles is 1. The van der Waals surface area contributed by atoms with Crippen LogP contribution >= 0.6 is 23.4 Å². The lowest BCUT2D eigenvalue weighted by atomic mass is 9.86. The van der Waals surface area contributed by atoms with E-state index in [0.717, 1.165) is 17.3 Å². The number of allylic oxidation sites excluding steroid dienone is 2. The molecule has 0 spiro atoms. The summed E-state index contributed by atoms with van der Waals surface area (Å²) in [6, 6.07) is 10.8. The Hall–Kier alpha value is -3.41. The van der Waals surface area contributed by atoms with Gasteiger partial charge in [0.05, 0.1) is 40.2 Å². The number of nitrogens with zero attached hydrogens (tertiary/aromatic N) is 1. The summed E-state index contributed by atoms with van der Waals surface area (Å²) in [4.78, 5) is 25.2. The number of dihydropyridines is 1. The van der Waals surface area contributed by atoms with Crippen LogP contribution in [0.3, 0.4) is 0 Å². The smallest absolute Gasteiger partial charge is 0.337 e. The molecule has 0 radical (unpaired) electrons. The number of rotatable bonds is 8. The maximum absolute atomic E-state index is 12.7. The zero-order valence-corrected chi connectivity index (χ0v) is 19.7. The third kappa shape index (κ3) is 5.69. The summed E-state index contributed by atoms with van der Waals surface area (Å²) in [7, 11) is 0. The summed E-state index contributed by atoms with van der Waals surface area (Å²) in [5, 5.41) is 16.8. The summed E-state index contributed by atoms with van der Waals surface area (Å²) < 4.78 is 10.8. The molecule has 1 aromatic carbocycles. The van der Waals surface area contributed by atoms with Crippen LogP contribution in [0, 0.1) is 18.3 Å². The zero-order chi connectivity index (χ0) is 24.0. The van der Waals surface area contributed by atoms with Crippen molar-refractivity contribution in [1.82, 2.24) is 5.32 Å². The highest BCUT2D eigenvalue weighted by atomic mass is 35.5. The van der Waals surface area contributed by atoms with Crippen molar-refractivity contribution in [2.75, 3.05) is 17.7 Å². The van der Waals surface area contributed by atoms with Crippen molar-refractivity contribution in [1.29, 1.82) is 5.26 Å². The third-order valence-electron chi connectivity index (χ3n) is 4.83. The van der Waals surface area contributed by atoms with Crippen LogP contribution in [0.4, 0.5) is 5.69 Å². The van der Waals surface area contributed by atoms with Crippen molar-refractivity contribution >= 4 is 40.9 Å². The van der Waals surface area contributed by atoms with Crippen LogP contribution in [-0.4, -0.2) is 24.2 Å². The molecule has 0 aliphatic carbocycles. The van der Waals surface area contributed by atoms with E-state index >= 15 is 0 Å². The van der Waals surface area contributed by atoms with Gasteiger partial charge in [-0.2, -0.15) is 5.26 Å². The van der Waals surface area contributed by atoms with Crippen molar-refractivity contribution in [2.24, 2.45) is 0 Å². The van der Waals surface area contributed by atoms with Gasteiger partial charge in [-0.25, -0.2) is 4.79 Å². The number of carbonyl (C=O) groups excluding carboxylic acids is 2. The summed E-state index contributed by atoms with van der Waals surface area (Å²) in [6.45, 7) is 7.18. The lowest BCUT2D eigenvalue weighted by Gasteiger charge is -2.27. The van der Waals surface area contributed by atoms with Crippen LogP contribution in [-0.2, 0) is 14.3 Å². The molecule has 3 rings (SSSR count). The first kappa shape index (κ1) is 24.2. The molecule has 0 saturated heterocycles. The van der Waals surface area contributed by atoms with E-state index < -0.39 is 11.9 Å². The number of thioether (sulfide) groups is 1. The van der Waals surface area contributed by atoms with Crippen LogP contribution in [0.1, 0.15) is 24.2 Å². The number of amides is 1. The number of furan rings is 1. The van der Waals surface area contributed by atoms with Gasteiger partial charge in [0.1, 0.15) is 12.4 Å². The largest absolute Gasteiger partial charge is 0.468 e. The van der Waals surface area contributed by atoms with Gasteiger partial charge >= 0.3 is 5.97 Å². The Labute approximate surface area is 201 Å². The minimum Gasteiger partial charge on any atom is -0.468 e. The predicted octanol–water partition coefficient (Wildman–Crippen LogP) is 5.04. The molecule has 1 atom stereocenters. The molecule has 0 unspecified atom stereocenters. The fourth-order valence-corrected chi connectivity index (χ4v) is 4.33. The van der Waals surface area contributed by atoms with E-state index in [4.69, 9.17) is 20.8 Å². The van der Waals surface area contributed by atoms with E-state index in [2.05, 4.69) is 23.3 Å². The molecule has 33 heavy (non-hydrogen) atoms. The zero-order valence-electron chi connectivity index (χ0n) is 18.1. The first-order chi connectivity index (χ1) is 15.8. The molecule has 2 N–H and O–H groups in total. The first-order valence-corrected chi connectivity index (χ1v) is 11.3. The lowest BCUT2D eigenvalue weighted by molar-refractivity contribution is -0.138. The molecule has 0 saturated carbocycles. The summed E-state index contributed by atoms with van der Waals surface area (Å²) in [5.41, 5.74) is 2.54. The average Bonchev–Trinajstić information content (AvgIpc) is 3.32. The number of ether oxygens (including phenoxy) is 1. The number of aryl methyl sites for hydroxylation is 1. The van der Waals surface area contributed by atoms with Crippen LogP contribution in [0.15, 0.2) is 75.5 Å². The molecular formula is C24H22ClN3O4S. The van der Waals surface area contributed by atoms with E-state index in [1.807, 2.05) is 13.0 Å². The summed E-state index contributed by atoms with van der Waals surface area (Å²) >= 11 is 7.28. The van der Waals surface area contributed by atoms with Crippen molar-refractivity contribution in [3.63, 3.8) is 0 Å². The highest BCUT2D eigenvalue weighted by Crippen LogP contribution is 2.41. The van der Waals surface area contributed by atoms with Crippen molar-refractivity contribution in [2.45, 2.75) is 19.8 Å². The Morgan fingerprint density at radius 1 is 1.39 bits per heavy atom. The normalized spacial score (nSPS) is 15.5. The van der Waals surface area contributed by atoms with Crippen LogP contribution in [0.2, 0.25) is 5.02 Å². The number of carbonyl (C=O) groups is 2. The quantitative estimate of drug-likeness (QED) is 0.400. The third-order valence-corrected chi connectivity index (χ3v) is 6.25. The summed E-state index contributed by atoms with van der Waals surface area (Å²) in [6.07, 6.45) is 2.94. The molecule has 7 nitrogen and oxygen atoms in total. The highest BCUT2D eigenvalue weighted by molar-refractivity contribution is 8.03. The molecule has 1 amide bonds. The maximum Gasteiger partial charge on any atom is 0.337 e. The Morgan fingerprint density at radius 3 is 2.82 bits per heavy atom. The van der Waals surface area contributed by atoms with Crippen LogP contribution < -0.4 is 10.6 Å². The minimum absolute atomic E-state index is 0.0351. The maximum atomic E-state index is 12.7. The van der Waals surface area contributed by atoms with Crippen molar-refractivity contribution in [3.8, 4) is 6.07 Å². The summed E-state index contributed by atoms with van der Waals surface area (Å²) in [5.74, 6) is -1.14. The second kappa shape index (κ2) is 10.9. The molecule has 9 heteroatoms. The van der Waals surface area contributed by atoms with Gasteiger partial charge in [0.2, 0.25) is 5.91 Å². The van der Waals surface area contributed by atoms with Gasteiger partial charge in [-0.15, -0.1) is 0 Å². The van der Waals surface area contributed by atoms with E-state index in [1.165, 1.54) is 12.3 Å². The monoisotopic (exact) mass is 483 g/mol. The fourth-order valence-electron chi connectivity index (χ4n) is 3.25. The van der Waals surface area contributed by atoms with Gasteiger partial charge in [-0.05, 0) is 43.7 Å². The number of nitrogens with one attached hydrogen (secondary N) is 2. The van der Waals surface area contributed by atoms with E-state index in [-0.39, 0.29) is 29.4 Å². The number of benzene rings is 1. The van der Waals surface area contributed by atoms with E-state index in [1.54, 1.807) is 31.2 Å². The number of halogens is 1. The van der Waals surface area contributed by atoms with Gasteiger partial charge in [-0.3, -0.25) is 4.79 Å². The van der Waals surface area contributed by atoms with Gasteiger partial charge < -0.3 is 19.8 Å². The molecule has 170 valence electrons. The molecule has 1 aromatic heterocycles. The van der Waals surface area contributed by atoms with Gasteiger partial charge in [0.25, 0.3) is 0 Å². The average molecular weight is 484 g/mol. The minimum atomic E-state index is -0.759. The molecular weight excluding hydrogens is 462 g/mol. The highest BCUT2D eigenvalue weighted by Gasteiger charge is 2.37. The molecule has 1 aliphatic heterocycles. The van der Waals surface area contributed by atoms with Crippen molar-refractivity contribution in [3.05, 3.63) is 87.5 Å². The predicted molar refractivity (Wildman–Crippen MR) is 128 cm³/mol. The number of hydrogen-bond acceptors (Lipinski definition) is 7. The number of anilines is 1. The van der Waals surface area contributed by atoms with Gasteiger partial charge in [-0.1, -0.05) is 42.1 Å². The second-order valence-electron chi connectivity index (χ2n) is 7.15. The molecule has 2 aromatic rings. The van der Waals surface area contributed by atoms with Gasteiger partial charge in [0, 0.05) is 16.4 Å². The van der Waals surface area contributed by atoms with Gasteiger partial charge in [0.15, 0.2) is 0 Å². The lowest BCUT2D eigenvalue weighted by Crippen LogP contribution is -2.29. The van der Waals surface area contributed by atoms with Crippen LogP contribution in [0.25, 0.3) is 0 Å². The fraction of sp³-hybridized carbons (Fsp3) is 0.208. The van der Waals surface area contributed by atoms with E-state index in [0.29, 0.717) is 27.2 Å². The first-order valence-electron chi connectivity index (χ1n) is 9.98. The van der Waals surface area contributed by atoms with Crippen LogP contribution in [0.5, 0.6) is 0 Å². The Kier molecular flexibility index (Phi) is 8.04. The molecule has 0 fully saturated rings. The molecule has 1 aliphatic rings. The number of hydrogen-bond donors (Lipinski definition) is 2. The topological polar surface area (TPSA) is 104 Å². The van der Waals surface area contributed by atoms with Crippen molar-refractivity contribution < 1.29 is 18.7 Å². The molecule has 0 bridgehead atoms. The molecule has 2 heterocycles. The SMILES string of the molecule is C=CCOC(=O)C1=C(C)NC(SCC(=O)Nc2ccc(C)c(Cl)c2)=C(C#N)[C@H]1c1ccco1. The Bertz CT molecular complexity index is 1180. The Balaban J connectivity index is 1.83. The standard InChI is InChI=1S/C24H22ClN3O4S/c1-4-9-32-24(30)21-15(3)27-23(17(12-26)22(21)19-6-5-10-31-19)33-13-20(29)28-16-8-7-14(2)18(25)11-16/h4-8,10-11,22,27H,1,9,13H2,2-3H3,(H,28,29)/t22-/m0/s1.